The van der Waals surface area contributed by atoms with Crippen molar-refractivity contribution in [2.45, 2.75) is 12.8 Å². The van der Waals surface area contributed by atoms with Crippen LogP contribution in [0.1, 0.15) is 22.7 Å². The van der Waals surface area contributed by atoms with Gasteiger partial charge in [0.05, 0.1) is 17.2 Å². The van der Waals surface area contributed by atoms with Crippen LogP contribution in [0, 0.1) is 17.0 Å². The third-order valence-corrected chi connectivity index (χ3v) is 4.99. The number of rotatable bonds is 5. The number of H-pyrrole nitrogens is 1. The zero-order chi connectivity index (χ0) is 19.7. The van der Waals surface area contributed by atoms with E-state index in [1.54, 1.807) is 6.92 Å². The zero-order valence-electron chi connectivity index (χ0n) is 15.3. The number of aryl methyl sites for hydroxylation is 1. The lowest BCUT2D eigenvalue weighted by atomic mass is 9.90. The second-order valence-corrected chi connectivity index (χ2v) is 6.80. The van der Waals surface area contributed by atoms with Crippen molar-refractivity contribution in [1.29, 1.82) is 0 Å². The highest BCUT2D eigenvalue weighted by atomic mass is 16.6. The van der Waals surface area contributed by atoms with Gasteiger partial charge in [-0.2, -0.15) is 0 Å². The minimum Gasteiger partial charge on any atom is -0.295 e. The van der Waals surface area contributed by atoms with Gasteiger partial charge in [-0.3, -0.25) is 20.0 Å². The molecule has 4 rings (SSSR count). The van der Waals surface area contributed by atoms with Gasteiger partial charge in [0.15, 0.2) is 0 Å². The number of fused-ring (bicyclic) bond motifs is 1. The van der Waals surface area contributed by atoms with Crippen molar-refractivity contribution in [3.63, 3.8) is 0 Å². The van der Waals surface area contributed by atoms with Crippen LogP contribution in [0.2, 0.25) is 0 Å². The Balaban J connectivity index is 1.87. The number of nitrogens with zero attached hydrogens (tertiary/aromatic N) is 2. The number of para-hydroxylation sites is 1. The van der Waals surface area contributed by atoms with Crippen molar-refractivity contribution >= 4 is 10.8 Å². The number of hydrogen-bond acceptors (Lipinski definition) is 3. The van der Waals surface area contributed by atoms with E-state index in [9.17, 15) is 14.9 Å². The minimum absolute atomic E-state index is 0.260. The van der Waals surface area contributed by atoms with E-state index in [2.05, 4.69) is 5.10 Å². The number of benzene rings is 3. The number of nitrogens with one attached hydrogen (secondary N) is 1. The van der Waals surface area contributed by atoms with Crippen LogP contribution in [-0.2, 0) is 0 Å². The first-order valence-electron chi connectivity index (χ1n) is 9.02. The van der Waals surface area contributed by atoms with Gasteiger partial charge in [-0.1, -0.05) is 60.7 Å². The second kappa shape index (κ2) is 7.15. The summed E-state index contributed by atoms with van der Waals surface area (Å²) in [7, 11) is 0. The van der Waals surface area contributed by atoms with Crippen LogP contribution in [0.15, 0.2) is 77.6 Å². The van der Waals surface area contributed by atoms with E-state index < -0.39 is 5.92 Å². The van der Waals surface area contributed by atoms with Gasteiger partial charge in [0.2, 0.25) is 6.54 Å². The van der Waals surface area contributed by atoms with Crippen molar-refractivity contribution in [3.05, 3.63) is 110 Å². The van der Waals surface area contributed by atoms with Crippen molar-refractivity contribution in [3.8, 4) is 5.69 Å². The molecule has 0 saturated heterocycles. The molecular weight excluding hydrogens is 354 g/mol. The van der Waals surface area contributed by atoms with Gasteiger partial charge in [0, 0.05) is 10.6 Å². The average molecular weight is 373 g/mol. The highest BCUT2D eigenvalue weighted by Gasteiger charge is 2.28. The predicted molar refractivity (Wildman–Crippen MR) is 109 cm³/mol. The molecule has 4 aromatic rings. The van der Waals surface area contributed by atoms with Gasteiger partial charge in [-0.25, -0.2) is 4.68 Å². The third kappa shape index (κ3) is 3.20. The fourth-order valence-corrected chi connectivity index (χ4v) is 3.67. The summed E-state index contributed by atoms with van der Waals surface area (Å²) in [4.78, 5) is 24.2. The van der Waals surface area contributed by atoms with Crippen LogP contribution in [-0.4, -0.2) is 21.2 Å². The Morgan fingerprint density at radius 3 is 2.39 bits per heavy atom. The van der Waals surface area contributed by atoms with Crippen LogP contribution < -0.4 is 5.56 Å². The fraction of sp³-hybridized carbons (Fsp3) is 0.136. The lowest BCUT2D eigenvalue weighted by Crippen LogP contribution is -2.23. The van der Waals surface area contributed by atoms with E-state index >= 15 is 0 Å². The lowest BCUT2D eigenvalue weighted by molar-refractivity contribution is -0.481. The summed E-state index contributed by atoms with van der Waals surface area (Å²) in [6.07, 6.45) is 0. The molecule has 1 atom stereocenters. The third-order valence-electron chi connectivity index (χ3n) is 4.99. The summed E-state index contributed by atoms with van der Waals surface area (Å²) in [5, 5.41) is 16.5. The summed E-state index contributed by atoms with van der Waals surface area (Å²) in [5.41, 5.74) is 2.25. The summed E-state index contributed by atoms with van der Waals surface area (Å²) < 4.78 is 1.44. The molecule has 0 saturated carbocycles. The largest absolute Gasteiger partial charge is 0.295 e. The molecule has 6 heteroatoms. The van der Waals surface area contributed by atoms with Gasteiger partial charge in [-0.05, 0) is 35.4 Å². The van der Waals surface area contributed by atoms with Crippen molar-refractivity contribution in [1.82, 2.24) is 9.78 Å². The smallest absolute Gasteiger partial charge is 0.275 e. The standard InChI is InChI=1S/C22H19N3O3/c1-15-21(22(26)25(23-15)19-9-3-2-4-10-19)20(14-24(27)28)18-12-11-16-7-5-6-8-17(16)13-18/h2-13,20,23H,14H2,1H3. The molecule has 1 aromatic heterocycles. The Morgan fingerprint density at radius 2 is 1.68 bits per heavy atom. The SMILES string of the molecule is Cc1[nH]n(-c2ccccc2)c(=O)c1C(C[N+](=O)[O-])c1ccc2ccccc2c1. The van der Waals surface area contributed by atoms with E-state index in [1.165, 1.54) is 4.68 Å². The Labute approximate surface area is 161 Å². The zero-order valence-corrected chi connectivity index (χ0v) is 15.3. The van der Waals surface area contributed by atoms with Crippen molar-refractivity contribution < 1.29 is 4.92 Å². The van der Waals surface area contributed by atoms with Crippen LogP contribution in [0.3, 0.4) is 0 Å². The first-order chi connectivity index (χ1) is 13.5. The molecule has 6 nitrogen and oxygen atoms in total. The highest BCUT2D eigenvalue weighted by molar-refractivity contribution is 5.83. The molecule has 0 aliphatic rings. The molecule has 0 bridgehead atoms. The molecular formula is C22H19N3O3. The number of aromatic amines is 1. The van der Waals surface area contributed by atoms with Crippen molar-refractivity contribution in [2.75, 3.05) is 6.54 Å². The summed E-state index contributed by atoms with van der Waals surface area (Å²) in [5.74, 6) is -0.631. The van der Waals surface area contributed by atoms with E-state index in [0.717, 1.165) is 16.3 Å². The Hall–Kier alpha value is -3.67. The summed E-state index contributed by atoms with van der Waals surface area (Å²) >= 11 is 0. The molecule has 28 heavy (non-hydrogen) atoms. The Morgan fingerprint density at radius 1 is 1.00 bits per heavy atom. The normalized spacial score (nSPS) is 12.2. The number of aromatic nitrogens is 2. The molecule has 1 heterocycles. The first kappa shape index (κ1) is 17.7. The fourth-order valence-electron chi connectivity index (χ4n) is 3.67. The molecule has 0 fully saturated rings. The van der Waals surface area contributed by atoms with E-state index in [4.69, 9.17) is 0 Å². The second-order valence-electron chi connectivity index (χ2n) is 6.80. The predicted octanol–water partition coefficient (Wildman–Crippen LogP) is 4.04. The van der Waals surface area contributed by atoms with Gasteiger partial charge in [0.25, 0.3) is 5.56 Å². The molecule has 0 aliphatic carbocycles. The van der Waals surface area contributed by atoms with E-state index in [1.807, 2.05) is 72.8 Å². The summed E-state index contributed by atoms with van der Waals surface area (Å²) in [6, 6.07) is 22.8. The molecule has 1 unspecified atom stereocenters. The minimum atomic E-state index is -0.631. The van der Waals surface area contributed by atoms with Gasteiger partial charge >= 0.3 is 0 Å². The first-order valence-corrected chi connectivity index (χ1v) is 9.02. The maximum absolute atomic E-state index is 13.2. The van der Waals surface area contributed by atoms with Crippen molar-refractivity contribution in [2.24, 2.45) is 0 Å². The summed E-state index contributed by atoms with van der Waals surface area (Å²) in [6.45, 7) is 1.44. The Kier molecular flexibility index (Phi) is 4.53. The van der Waals surface area contributed by atoms with E-state index in [0.29, 0.717) is 16.9 Å². The Bertz CT molecular complexity index is 1210. The van der Waals surface area contributed by atoms with Crippen LogP contribution in [0.4, 0.5) is 0 Å². The topological polar surface area (TPSA) is 80.9 Å². The van der Waals surface area contributed by atoms with Crippen LogP contribution in [0.25, 0.3) is 16.5 Å². The molecule has 140 valence electrons. The highest BCUT2D eigenvalue weighted by Crippen LogP contribution is 2.28. The number of hydrogen-bond donors (Lipinski definition) is 1. The monoisotopic (exact) mass is 373 g/mol. The molecule has 0 radical (unpaired) electrons. The van der Waals surface area contributed by atoms with Crippen LogP contribution in [0.5, 0.6) is 0 Å². The lowest BCUT2D eigenvalue weighted by Gasteiger charge is -2.13. The molecule has 0 spiro atoms. The number of nitro groups is 1. The van der Waals surface area contributed by atoms with E-state index in [-0.39, 0.29) is 17.0 Å². The maximum Gasteiger partial charge on any atom is 0.275 e. The van der Waals surface area contributed by atoms with Gasteiger partial charge in [-0.15, -0.1) is 0 Å². The van der Waals surface area contributed by atoms with Crippen LogP contribution >= 0.6 is 0 Å². The van der Waals surface area contributed by atoms with Gasteiger partial charge in [0.1, 0.15) is 0 Å². The molecule has 3 aromatic carbocycles. The average Bonchev–Trinajstić information content (AvgIpc) is 3.00. The molecule has 0 amide bonds. The maximum atomic E-state index is 13.2. The quantitative estimate of drug-likeness (QED) is 0.423. The molecule has 0 aliphatic heterocycles. The molecule has 1 N–H and O–H groups in total. The van der Waals surface area contributed by atoms with Gasteiger partial charge < -0.3 is 0 Å².